The number of hydrogen-bond donors (Lipinski definition) is 1. The van der Waals surface area contributed by atoms with Crippen molar-refractivity contribution in [3.05, 3.63) is 28.3 Å². The van der Waals surface area contributed by atoms with Gasteiger partial charge in [0, 0.05) is 24.8 Å². The molecular formula is C11H18N4O4S. The molecule has 0 aliphatic carbocycles. The number of nitro benzene ring substituents is 1. The summed E-state index contributed by atoms with van der Waals surface area (Å²) >= 11 is 0. The van der Waals surface area contributed by atoms with Crippen LogP contribution in [-0.2, 0) is 10.0 Å². The normalized spacial score (nSPS) is 11.6. The van der Waals surface area contributed by atoms with Gasteiger partial charge in [-0.05, 0) is 26.2 Å². The number of nitrogens with zero attached hydrogens (tertiary/aromatic N) is 3. The second-order valence-electron chi connectivity index (χ2n) is 4.64. The summed E-state index contributed by atoms with van der Waals surface area (Å²) < 4.78 is 24.7. The van der Waals surface area contributed by atoms with Crippen LogP contribution in [0.25, 0.3) is 0 Å². The van der Waals surface area contributed by atoms with Gasteiger partial charge in [-0.15, -0.1) is 0 Å². The average Bonchev–Trinajstić information content (AvgIpc) is 2.28. The molecule has 0 amide bonds. The maximum atomic E-state index is 11.9. The molecule has 0 spiro atoms. The van der Waals surface area contributed by atoms with Crippen molar-refractivity contribution < 1.29 is 13.3 Å². The molecule has 1 aromatic carbocycles. The highest BCUT2D eigenvalue weighted by atomic mass is 32.2. The van der Waals surface area contributed by atoms with Gasteiger partial charge in [-0.3, -0.25) is 14.4 Å². The molecule has 9 heteroatoms. The van der Waals surface area contributed by atoms with E-state index in [1.165, 1.54) is 12.1 Å². The highest BCUT2D eigenvalue weighted by molar-refractivity contribution is 7.92. The fourth-order valence-corrected chi connectivity index (χ4v) is 2.58. The van der Waals surface area contributed by atoms with Gasteiger partial charge >= 0.3 is 0 Å². The summed E-state index contributed by atoms with van der Waals surface area (Å²) in [5.41, 5.74) is 5.42. The van der Waals surface area contributed by atoms with E-state index < -0.39 is 14.9 Å². The van der Waals surface area contributed by atoms with Gasteiger partial charge in [0.15, 0.2) is 0 Å². The standard InChI is InChI=1S/C11H18N4O4S/c1-13(2)6-7-14(20(3,18)19)10-5-4-9(12)8-11(10)15(16)17/h4-5,8H,6-7,12H2,1-3H3. The molecule has 0 aliphatic rings. The van der Waals surface area contributed by atoms with Crippen molar-refractivity contribution in [3.63, 3.8) is 0 Å². The first-order chi connectivity index (χ1) is 9.12. The maximum absolute atomic E-state index is 11.9. The van der Waals surface area contributed by atoms with Crippen molar-refractivity contribution in [1.29, 1.82) is 0 Å². The molecule has 0 fully saturated rings. The minimum atomic E-state index is -3.62. The Bertz CT molecular complexity index is 600. The summed E-state index contributed by atoms with van der Waals surface area (Å²) in [5, 5.41) is 11.1. The number of rotatable bonds is 6. The van der Waals surface area contributed by atoms with Crippen molar-refractivity contribution in [2.75, 3.05) is 43.5 Å². The van der Waals surface area contributed by atoms with Gasteiger partial charge in [0.1, 0.15) is 5.69 Å². The van der Waals surface area contributed by atoms with Crippen LogP contribution in [0.4, 0.5) is 17.1 Å². The Hall–Kier alpha value is -1.87. The van der Waals surface area contributed by atoms with Crippen LogP contribution < -0.4 is 10.0 Å². The third-order valence-electron chi connectivity index (χ3n) is 2.62. The monoisotopic (exact) mass is 302 g/mol. The number of benzene rings is 1. The van der Waals surface area contributed by atoms with Crippen LogP contribution in [0.15, 0.2) is 18.2 Å². The maximum Gasteiger partial charge on any atom is 0.295 e. The van der Waals surface area contributed by atoms with Crippen LogP contribution in [0, 0.1) is 10.1 Å². The molecule has 2 N–H and O–H groups in total. The third kappa shape index (κ3) is 4.07. The molecular weight excluding hydrogens is 284 g/mol. The fraction of sp³-hybridized carbons (Fsp3) is 0.455. The fourth-order valence-electron chi connectivity index (χ4n) is 1.65. The van der Waals surface area contributed by atoms with Crippen LogP contribution in [0.5, 0.6) is 0 Å². The zero-order valence-corrected chi connectivity index (χ0v) is 12.4. The number of likely N-dealkylation sites (N-methyl/N-ethyl adjacent to an activating group) is 1. The molecule has 20 heavy (non-hydrogen) atoms. The number of nitrogens with two attached hydrogens (primary N) is 1. The Morgan fingerprint density at radius 1 is 1.30 bits per heavy atom. The van der Waals surface area contributed by atoms with Gasteiger partial charge in [0.25, 0.3) is 5.69 Å². The van der Waals surface area contributed by atoms with E-state index >= 15 is 0 Å². The molecule has 1 aromatic rings. The molecule has 112 valence electrons. The number of nitrogen functional groups attached to an aromatic ring is 1. The summed E-state index contributed by atoms with van der Waals surface area (Å²) in [6.45, 7) is 0.561. The molecule has 0 unspecified atom stereocenters. The smallest absolute Gasteiger partial charge is 0.295 e. The second kappa shape index (κ2) is 6.06. The van der Waals surface area contributed by atoms with Gasteiger partial charge < -0.3 is 10.6 Å². The minimum absolute atomic E-state index is 0.0218. The number of anilines is 2. The van der Waals surface area contributed by atoms with E-state index in [9.17, 15) is 18.5 Å². The molecule has 0 radical (unpaired) electrons. The molecule has 0 aliphatic heterocycles. The van der Waals surface area contributed by atoms with Crippen LogP contribution in [-0.4, -0.2) is 51.7 Å². The number of hydrogen-bond acceptors (Lipinski definition) is 6. The molecule has 0 bridgehead atoms. The quantitative estimate of drug-likeness (QED) is 0.465. The predicted octanol–water partition coefficient (Wildman–Crippen LogP) is 0.505. The first-order valence-corrected chi connectivity index (χ1v) is 7.64. The van der Waals surface area contributed by atoms with E-state index in [-0.39, 0.29) is 23.6 Å². The Labute approximate surface area is 118 Å². The number of nitro groups is 1. The first-order valence-electron chi connectivity index (χ1n) is 5.79. The van der Waals surface area contributed by atoms with Crippen LogP contribution >= 0.6 is 0 Å². The predicted molar refractivity (Wildman–Crippen MR) is 78.3 cm³/mol. The third-order valence-corrected chi connectivity index (χ3v) is 3.80. The van der Waals surface area contributed by atoms with Crippen molar-refractivity contribution in [1.82, 2.24) is 4.90 Å². The van der Waals surface area contributed by atoms with E-state index in [1.54, 1.807) is 19.0 Å². The van der Waals surface area contributed by atoms with Crippen LogP contribution in [0.3, 0.4) is 0 Å². The summed E-state index contributed by atoms with van der Waals surface area (Å²) in [5.74, 6) is 0. The van der Waals surface area contributed by atoms with Crippen molar-refractivity contribution in [3.8, 4) is 0 Å². The van der Waals surface area contributed by atoms with Crippen LogP contribution in [0.2, 0.25) is 0 Å². The van der Waals surface area contributed by atoms with Gasteiger partial charge in [-0.2, -0.15) is 0 Å². The lowest BCUT2D eigenvalue weighted by molar-refractivity contribution is -0.384. The SMILES string of the molecule is CN(C)CCN(c1ccc(N)cc1[N+](=O)[O-])S(C)(=O)=O. The lowest BCUT2D eigenvalue weighted by atomic mass is 10.2. The van der Waals surface area contributed by atoms with Gasteiger partial charge in [0.05, 0.1) is 11.2 Å². The number of sulfonamides is 1. The van der Waals surface area contributed by atoms with E-state index in [0.29, 0.717) is 6.54 Å². The van der Waals surface area contributed by atoms with E-state index in [0.717, 1.165) is 16.6 Å². The van der Waals surface area contributed by atoms with E-state index in [1.807, 2.05) is 0 Å². The highest BCUT2D eigenvalue weighted by Crippen LogP contribution is 2.31. The largest absolute Gasteiger partial charge is 0.399 e. The zero-order chi connectivity index (χ0) is 15.5. The lowest BCUT2D eigenvalue weighted by Gasteiger charge is -2.23. The van der Waals surface area contributed by atoms with Crippen molar-refractivity contribution >= 4 is 27.1 Å². The lowest BCUT2D eigenvalue weighted by Crippen LogP contribution is -2.36. The van der Waals surface area contributed by atoms with E-state index in [2.05, 4.69) is 0 Å². The van der Waals surface area contributed by atoms with Gasteiger partial charge in [0.2, 0.25) is 10.0 Å². The summed E-state index contributed by atoms with van der Waals surface area (Å²) in [4.78, 5) is 12.2. The Kier molecular flexibility index (Phi) is 4.90. The molecule has 0 saturated carbocycles. The second-order valence-corrected chi connectivity index (χ2v) is 6.55. The zero-order valence-electron chi connectivity index (χ0n) is 11.6. The van der Waals surface area contributed by atoms with Gasteiger partial charge in [-0.25, -0.2) is 8.42 Å². The Morgan fingerprint density at radius 2 is 1.90 bits per heavy atom. The van der Waals surface area contributed by atoms with Crippen LogP contribution in [0.1, 0.15) is 0 Å². The molecule has 0 aromatic heterocycles. The molecule has 0 atom stereocenters. The highest BCUT2D eigenvalue weighted by Gasteiger charge is 2.25. The van der Waals surface area contributed by atoms with Crippen molar-refractivity contribution in [2.24, 2.45) is 0 Å². The molecule has 0 heterocycles. The Balaban J connectivity index is 3.31. The molecule has 1 rings (SSSR count). The molecule has 8 nitrogen and oxygen atoms in total. The summed E-state index contributed by atoms with van der Waals surface area (Å²) in [6.07, 6.45) is 1.02. The van der Waals surface area contributed by atoms with Gasteiger partial charge in [-0.1, -0.05) is 0 Å². The van der Waals surface area contributed by atoms with E-state index in [4.69, 9.17) is 5.73 Å². The summed E-state index contributed by atoms with van der Waals surface area (Å²) in [7, 11) is -0.0420. The van der Waals surface area contributed by atoms with Crippen molar-refractivity contribution in [2.45, 2.75) is 0 Å². The average molecular weight is 302 g/mol. The minimum Gasteiger partial charge on any atom is -0.399 e. The summed E-state index contributed by atoms with van der Waals surface area (Å²) in [6, 6.07) is 3.95. The first kappa shape index (κ1) is 16.2. The Morgan fingerprint density at radius 3 is 2.35 bits per heavy atom. The topological polar surface area (TPSA) is 110 Å². The molecule has 0 saturated heterocycles.